The first-order valence-corrected chi connectivity index (χ1v) is 6.92. The van der Waals surface area contributed by atoms with Gasteiger partial charge in [-0.15, -0.1) is 0 Å². The van der Waals surface area contributed by atoms with Crippen molar-refractivity contribution in [2.24, 2.45) is 0 Å². The number of hydrogen-bond acceptors (Lipinski definition) is 2. The van der Waals surface area contributed by atoms with Crippen molar-refractivity contribution in [1.29, 1.82) is 0 Å². The van der Waals surface area contributed by atoms with Gasteiger partial charge in [0.1, 0.15) is 17.2 Å². The van der Waals surface area contributed by atoms with Crippen molar-refractivity contribution in [2.45, 2.75) is 13.0 Å². The van der Waals surface area contributed by atoms with Gasteiger partial charge in [0.2, 0.25) is 0 Å². The fraction of sp³-hybridized carbons (Fsp3) is 0.133. The van der Waals surface area contributed by atoms with E-state index in [4.69, 9.17) is 0 Å². The summed E-state index contributed by atoms with van der Waals surface area (Å²) in [6.07, 6.45) is -0.818. The van der Waals surface area contributed by atoms with Gasteiger partial charge in [-0.3, -0.25) is 4.79 Å². The number of hydrogen-bond donors (Lipinski definition) is 2. The maximum atomic E-state index is 13.7. The molecule has 2 N–H and O–H groups in total. The molecule has 0 radical (unpaired) electrons. The zero-order valence-corrected chi connectivity index (χ0v) is 12.6. The minimum absolute atomic E-state index is 0.207. The molecule has 1 atom stereocenters. The number of aliphatic hydroxyl groups is 1. The first-order chi connectivity index (χ1) is 9.90. The van der Waals surface area contributed by atoms with Crippen molar-refractivity contribution in [3.63, 3.8) is 0 Å². The van der Waals surface area contributed by atoms with Gasteiger partial charge in [-0.1, -0.05) is 34.1 Å². The Labute approximate surface area is 128 Å². The van der Waals surface area contributed by atoms with E-state index in [1.807, 2.05) is 0 Å². The van der Waals surface area contributed by atoms with Gasteiger partial charge in [-0.05, 0) is 25.1 Å². The largest absolute Gasteiger partial charge is 0.389 e. The van der Waals surface area contributed by atoms with Crippen molar-refractivity contribution < 1.29 is 18.7 Å². The van der Waals surface area contributed by atoms with E-state index in [0.717, 1.165) is 12.1 Å². The molecule has 0 fully saturated rings. The molecule has 6 heteroatoms. The van der Waals surface area contributed by atoms with Crippen LogP contribution < -0.4 is 5.32 Å². The Bertz CT molecular complexity index is 666. The zero-order valence-electron chi connectivity index (χ0n) is 11.0. The highest BCUT2D eigenvalue weighted by Gasteiger charge is 2.20. The molecule has 0 saturated heterocycles. The van der Waals surface area contributed by atoms with Gasteiger partial charge in [0.05, 0.1) is 6.10 Å². The van der Waals surface area contributed by atoms with Gasteiger partial charge >= 0.3 is 0 Å². The number of carbonyl (C=O) groups is 1. The third kappa shape index (κ3) is 3.46. The lowest BCUT2D eigenvalue weighted by Gasteiger charge is -2.13. The average Bonchev–Trinajstić information content (AvgIpc) is 2.37. The van der Waals surface area contributed by atoms with E-state index in [-0.39, 0.29) is 4.47 Å². The molecule has 2 aromatic rings. The number of aliphatic hydroxyl groups excluding tert-OH is 1. The third-order valence-electron chi connectivity index (χ3n) is 2.89. The van der Waals surface area contributed by atoms with Crippen LogP contribution in [0.3, 0.4) is 0 Å². The van der Waals surface area contributed by atoms with E-state index < -0.39 is 29.2 Å². The molecule has 0 aliphatic heterocycles. The molecule has 3 nitrogen and oxygen atoms in total. The number of rotatable bonds is 3. The molecule has 0 aliphatic carbocycles. The summed E-state index contributed by atoms with van der Waals surface area (Å²) in [5.41, 5.74) is 0.0987. The number of halogens is 3. The van der Waals surface area contributed by atoms with E-state index >= 15 is 0 Å². The summed E-state index contributed by atoms with van der Waals surface area (Å²) >= 11 is 2.95. The monoisotopic (exact) mass is 355 g/mol. The number of nitrogens with one attached hydrogen (secondary N) is 1. The van der Waals surface area contributed by atoms with Crippen molar-refractivity contribution in [3.8, 4) is 0 Å². The molecular weight excluding hydrogens is 344 g/mol. The van der Waals surface area contributed by atoms with Gasteiger partial charge < -0.3 is 10.4 Å². The van der Waals surface area contributed by atoms with Gasteiger partial charge in [0.25, 0.3) is 5.91 Å². The SMILES string of the molecule is CC(O)c1ccccc1NC(=O)c1c(F)cc(Br)cc1F. The van der Waals surface area contributed by atoms with Crippen LogP contribution in [0.4, 0.5) is 14.5 Å². The van der Waals surface area contributed by atoms with Gasteiger partial charge in [-0.2, -0.15) is 0 Å². The van der Waals surface area contributed by atoms with Gasteiger partial charge in [-0.25, -0.2) is 8.78 Å². The van der Waals surface area contributed by atoms with E-state index in [2.05, 4.69) is 21.2 Å². The molecule has 2 aromatic carbocycles. The van der Waals surface area contributed by atoms with Gasteiger partial charge in [0.15, 0.2) is 0 Å². The minimum atomic E-state index is -0.964. The summed E-state index contributed by atoms with van der Waals surface area (Å²) in [5, 5.41) is 12.0. The highest BCUT2D eigenvalue weighted by molar-refractivity contribution is 9.10. The van der Waals surface area contributed by atoms with Crippen molar-refractivity contribution in [3.05, 3.63) is 63.6 Å². The Morgan fingerprint density at radius 3 is 2.38 bits per heavy atom. The Kier molecular flexibility index (Phi) is 4.69. The summed E-state index contributed by atoms with van der Waals surface area (Å²) in [6, 6.07) is 8.54. The molecular formula is C15H12BrF2NO2. The molecule has 0 aromatic heterocycles. The zero-order chi connectivity index (χ0) is 15.6. The molecule has 21 heavy (non-hydrogen) atoms. The second-order valence-electron chi connectivity index (χ2n) is 4.46. The van der Waals surface area contributed by atoms with E-state index in [9.17, 15) is 18.7 Å². The molecule has 0 saturated carbocycles. The number of benzene rings is 2. The van der Waals surface area contributed by atoms with E-state index in [0.29, 0.717) is 11.3 Å². The molecule has 1 amide bonds. The quantitative estimate of drug-likeness (QED) is 0.872. The lowest BCUT2D eigenvalue weighted by molar-refractivity contribution is 0.101. The van der Waals surface area contributed by atoms with Gasteiger partial charge in [0, 0.05) is 15.7 Å². The lowest BCUT2D eigenvalue weighted by atomic mass is 10.1. The van der Waals surface area contributed by atoms with Crippen LogP contribution in [0.5, 0.6) is 0 Å². The normalized spacial score (nSPS) is 12.0. The fourth-order valence-electron chi connectivity index (χ4n) is 1.92. The maximum Gasteiger partial charge on any atom is 0.261 e. The number of carbonyl (C=O) groups excluding carboxylic acids is 1. The molecule has 0 heterocycles. The Morgan fingerprint density at radius 2 is 1.81 bits per heavy atom. The molecule has 0 spiro atoms. The second-order valence-corrected chi connectivity index (χ2v) is 5.38. The van der Waals surface area contributed by atoms with Crippen LogP contribution in [-0.2, 0) is 0 Å². The topological polar surface area (TPSA) is 49.3 Å². The Morgan fingerprint density at radius 1 is 1.24 bits per heavy atom. The lowest BCUT2D eigenvalue weighted by Crippen LogP contribution is -2.17. The highest BCUT2D eigenvalue weighted by Crippen LogP contribution is 2.25. The molecule has 1 unspecified atom stereocenters. The van der Waals surface area contributed by atoms with Crippen molar-refractivity contribution in [2.75, 3.05) is 5.32 Å². The van der Waals surface area contributed by atoms with Crippen LogP contribution in [-0.4, -0.2) is 11.0 Å². The summed E-state index contributed by atoms with van der Waals surface area (Å²) in [7, 11) is 0. The molecule has 0 aliphatic rings. The first-order valence-electron chi connectivity index (χ1n) is 6.13. The van der Waals surface area contributed by atoms with Crippen LogP contribution in [0, 0.1) is 11.6 Å². The summed E-state index contributed by atoms with van der Waals surface area (Å²) in [5.74, 6) is -2.84. The predicted octanol–water partition coefficient (Wildman–Crippen LogP) is 4.03. The van der Waals surface area contributed by atoms with Crippen LogP contribution in [0.15, 0.2) is 40.9 Å². The first kappa shape index (κ1) is 15.6. The second kappa shape index (κ2) is 6.32. The van der Waals surface area contributed by atoms with Crippen LogP contribution >= 0.6 is 15.9 Å². The summed E-state index contributed by atoms with van der Waals surface area (Å²) < 4.78 is 27.7. The number of para-hydroxylation sites is 1. The number of amides is 1. The van der Waals surface area contributed by atoms with Crippen LogP contribution in [0.25, 0.3) is 0 Å². The summed E-state index contributed by atoms with van der Waals surface area (Å²) in [4.78, 5) is 12.1. The predicted molar refractivity (Wildman–Crippen MR) is 79.1 cm³/mol. The molecule has 2 rings (SSSR count). The Balaban J connectivity index is 2.36. The smallest absolute Gasteiger partial charge is 0.261 e. The van der Waals surface area contributed by atoms with E-state index in [1.165, 1.54) is 6.92 Å². The maximum absolute atomic E-state index is 13.7. The van der Waals surface area contributed by atoms with E-state index in [1.54, 1.807) is 24.3 Å². The highest BCUT2D eigenvalue weighted by atomic mass is 79.9. The summed E-state index contributed by atoms with van der Waals surface area (Å²) in [6.45, 7) is 1.53. The Hall–Kier alpha value is -1.79. The standard InChI is InChI=1S/C15H12BrF2NO2/c1-8(20)10-4-2-3-5-13(10)19-15(21)14-11(17)6-9(16)7-12(14)18/h2-8,20H,1H3,(H,19,21). The molecule has 0 bridgehead atoms. The van der Waals surface area contributed by atoms with Crippen LogP contribution in [0.1, 0.15) is 28.9 Å². The third-order valence-corrected chi connectivity index (χ3v) is 3.35. The minimum Gasteiger partial charge on any atom is -0.389 e. The number of anilines is 1. The fourth-order valence-corrected chi connectivity index (χ4v) is 2.32. The van der Waals surface area contributed by atoms with Crippen molar-refractivity contribution >= 4 is 27.5 Å². The van der Waals surface area contributed by atoms with Crippen LogP contribution in [0.2, 0.25) is 0 Å². The van der Waals surface area contributed by atoms with Crippen molar-refractivity contribution in [1.82, 2.24) is 0 Å². The molecule has 110 valence electrons. The average molecular weight is 356 g/mol.